The topological polar surface area (TPSA) is 133 Å². The number of rotatable bonds is 4. The summed E-state index contributed by atoms with van der Waals surface area (Å²) in [6, 6.07) is 5.91. The van der Waals surface area contributed by atoms with Crippen LogP contribution in [0.2, 0.25) is 0 Å². The number of nitrogens with zero attached hydrogens (tertiary/aromatic N) is 1. The summed E-state index contributed by atoms with van der Waals surface area (Å²) in [7, 11) is 0. The molecule has 4 N–H and O–H groups in total. The lowest BCUT2D eigenvalue weighted by molar-refractivity contribution is -0.387. The van der Waals surface area contributed by atoms with Crippen molar-refractivity contribution < 1.29 is 30.1 Å². The van der Waals surface area contributed by atoms with E-state index in [2.05, 4.69) is 0 Å². The summed E-state index contributed by atoms with van der Waals surface area (Å²) in [5, 5.41) is 49.3. The number of hydrogen-bond acceptors (Lipinski definition) is 8. The second kappa shape index (κ2) is 6.69. The molecule has 1 aliphatic heterocycles. The van der Waals surface area contributed by atoms with E-state index in [1.54, 1.807) is 6.07 Å². The van der Waals surface area contributed by atoms with Gasteiger partial charge in [-0.15, -0.1) is 0 Å². The van der Waals surface area contributed by atoms with Gasteiger partial charge in [0, 0.05) is 6.07 Å². The van der Waals surface area contributed by atoms with E-state index in [0.29, 0.717) is 0 Å². The molecule has 0 aliphatic carbocycles. The predicted octanol–water partition coefficient (Wildman–Crippen LogP) is -0.513. The summed E-state index contributed by atoms with van der Waals surface area (Å²) in [5.74, 6) is 0. The number of hydrogen-bond donors (Lipinski definition) is 4. The first kappa shape index (κ1) is 16.1. The zero-order valence-corrected chi connectivity index (χ0v) is 11.6. The van der Waals surface area contributed by atoms with E-state index in [1.807, 2.05) is 0 Å². The van der Waals surface area contributed by atoms with Crippen LogP contribution in [0, 0.1) is 10.1 Å². The van der Waals surface area contributed by atoms with E-state index < -0.39 is 41.4 Å². The molecule has 0 spiro atoms. The predicted molar refractivity (Wildman–Crippen MR) is 72.7 cm³/mol. The van der Waals surface area contributed by atoms with Crippen LogP contribution in [0.5, 0.6) is 0 Å². The molecule has 1 aromatic rings. The van der Waals surface area contributed by atoms with Crippen molar-refractivity contribution in [1.82, 2.24) is 0 Å². The molecular formula is C12H15NO7S. The molecule has 1 fully saturated rings. The Balaban J connectivity index is 2.20. The lowest BCUT2D eigenvalue weighted by Gasteiger charge is -2.39. The number of nitro benzene ring substituents is 1. The molecule has 1 aliphatic rings. The van der Waals surface area contributed by atoms with Crippen LogP contribution in [0.1, 0.15) is 0 Å². The second-order valence-electron chi connectivity index (χ2n) is 4.54. The molecule has 9 heteroatoms. The third-order valence-corrected chi connectivity index (χ3v) is 4.37. The molecule has 116 valence electrons. The lowest BCUT2D eigenvalue weighted by atomic mass is 10.0. The standard InChI is InChI=1S/C12H15NO7S/c14-5-7-9(15)10(16)11(17)12(20-7)21-8-4-2-1-3-6(8)13(18)19/h1-4,7,9-12,14-17H,5H2/t7-,9+,10-,11-,12-/m0/s1. The summed E-state index contributed by atoms with van der Waals surface area (Å²) in [4.78, 5) is 10.6. The minimum atomic E-state index is -1.50. The van der Waals surface area contributed by atoms with Crippen LogP contribution in [-0.2, 0) is 4.74 Å². The summed E-state index contributed by atoms with van der Waals surface area (Å²) >= 11 is 0.856. The Morgan fingerprint density at radius 3 is 2.48 bits per heavy atom. The van der Waals surface area contributed by atoms with E-state index in [1.165, 1.54) is 18.2 Å². The van der Waals surface area contributed by atoms with E-state index in [0.717, 1.165) is 11.8 Å². The molecular weight excluding hydrogens is 302 g/mol. The van der Waals surface area contributed by atoms with Crippen molar-refractivity contribution in [3.8, 4) is 0 Å². The highest BCUT2D eigenvalue weighted by Gasteiger charge is 2.44. The SMILES string of the molecule is O=[N+]([O-])c1ccccc1S[C@@H]1O[C@@H](CO)[C@@H](O)[C@H](O)[C@@H]1O. The first-order chi connectivity index (χ1) is 9.95. The fourth-order valence-electron chi connectivity index (χ4n) is 2.00. The first-order valence-electron chi connectivity index (χ1n) is 6.16. The van der Waals surface area contributed by atoms with Crippen molar-refractivity contribution in [1.29, 1.82) is 0 Å². The molecule has 0 saturated carbocycles. The van der Waals surface area contributed by atoms with E-state index in [9.17, 15) is 25.4 Å². The zero-order chi connectivity index (χ0) is 15.6. The lowest BCUT2D eigenvalue weighted by Crippen LogP contribution is -2.57. The minimum Gasteiger partial charge on any atom is -0.394 e. The Kier molecular flexibility index (Phi) is 5.14. The van der Waals surface area contributed by atoms with Crippen molar-refractivity contribution in [2.75, 3.05) is 6.61 Å². The molecule has 5 atom stereocenters. The number of para-hydroxylation sites is 1. The van der Waals surface area contributed by atoms with Gasteiger partial charge in [0.25, 0.3) is 5.69 Å². The quantitative estimate of drug-likeness (QED) is 0.431. The van der Waals surface area contributed by atoms with Crippen molar-refractivity contribution in [3.63, 3.8) is 0 Å². The van der Waals surface area contributed by atoms with E-state index >= 15 is 0 Å². The van der Waals surface area contributed by atoms with Gasteiger partial charge in [0.15, 0.2) is 0 Å². The van der Waals surface area contributed by atoms with Crippen LogP contribution in [0.3, 0.4) is 0 Å². The van der Waals surface area contributed by atoms with Gasteiger partial charge in [-0.2, -0.15) is 0 Å². The van der Waals surface area contributed by atoms with Crippen LogP contribution in [0.25, 0.3) is 0 Å². The largest absolute Gasteiger partial charge is 0.394 e. The molecule has 1 aromatic carbocycles. The van der Waals surface area contributed by atoms with Gasteiger partial charge < -0.3 is 25.2 Å². The van der Waals surface area contributed by atoms with Crippen molar-refractivity contribution in [3.05, 3.63) is 34.4 Å². The molecule has 0 amide bonds. The molecule has 0 unspecified atom stereocenters. The monoisotopic (exact) mass is 317 g/mol. The first-order valence-corrected chi connectivity index (χ1v) is 7.04. The number of nitro groups is 1. The summed E-state index contributed by atoms with van der Waals surface area (Å²) in [5.41, 5.74) is -1.19. The number of ether oxygens (including phenoxy) is 1. The highest BCUT2D eigenvalue weighted by molar-refractivity contribution is 8.00. The Labute approximate surface area is 124 Å². The average molecular weight is 317 g/mol. The van der Waals surface area contributed by atoms with Crippen LogP contribution >= 0.6 is 11.8 Å². The van der Waals surface area contributed by atoms with Gasteiger partial charge in [-0.1, -0.05) is 23.9 Å². The number of aliphatic hydroxyl groups excluding tert-OH is 4. The summed E-state index contributed by atoms with van der Waals surface area (Å²) in [6.07, 6.45) is -5.43. The molecule has 0 radical (unpaired) electrons. The van der Waals surface area contributed by atoms with Crippen LogP contribution in [0.4, 0.5) is 5.69 Å². The maximum atomic E-state index is 10.9. The van der Waals surface area contributed by atoms with Gasteiger partial charge in [0.1, 0.15) is 29.9 Å². The van der Waals surface area contributed by atoms with E-state index in [-0.39, 0.29) is 10.6 Å². The van der Waals surface area contributed by atoms with Gasteiger partial charge in [-0.3, -0.25) is 10.1 Å². The summed E-state index contributed by atoms with van der Waals surface area (Å²) in [6.45, 7) is -0.543. The van der Waals surface area contributed by atoms with Crippen molar-refractivity contribution in [2.45, 2.75) is 34.7 Å². The highest BCUT2D eigenvalue weighted by Crippen LogP contribution is 2.37. The highest BCUT2D eigenvalue weighted by atomic mass is 32.2. The van der Waals surface area contributed by atoms with Gasteiger partial charge >= 0.3 is 0 Å². The second-order valence-corrected chi connectivity index (χ2v) is 5.68. The van der Waals surface area contributed by atoms with Gasteiger partial charge in [-0.25, -0.2) is 0 Å². The maximum Gasteiger partial charge on any atom is 0.282 e. The normalized spacial score (nSPS) is 32.9. The molecule has 1 saturated heterocycles. The number of benzene rings is 1. The number of thioether (sulfide) groups is 1. The zero-order valence-electron chi connectivity index (χ0n) is 10.8. The third-order valence-electron chi connectivity index (χ3n) is 3.15. The van der Waals surface area contributed by atoms with Crippen LogP contribution in [0.15, 0.2) is 29.2 Å². The van der Waals surface area contributed by atoms with Crippen LogP contribution in [-0.4, -0.2) is 61.8 Å². The minimum absolute atomic E-state index is 0.153. The van der Waals surface area contributed by atoms with Gasteiger partial charge in [0.05, 0.1) is 16.4 Å². The Hall–Kier alpha value is -1.23. The Bertz CT molecular complexity index is 512. The van der Waals surface area contributed by atoms with Crippen molar-refractivity contribution >= 4 is 17.4 Å². The fourth-order valence-corrected chi connectivity index (χ4v) is 3.17. The molecule has 0 bridgehead atoms. The number of aliphatic hydroxyl groups is 4. The smallest absolute Gasteiger partial charge is 0.282 e. The Morgan fingerprint density at radius 2 is 1.86 bits per heavy atom. The fraction of sp³-hybridized carbons (Fsp3) is 0.500. The van der Waals surface area contributed by atoms with Crippen molar-refractivity contribution in [2.24, 2.45) is 0 Å². The molecule has 1 heterocycles. The van der Waals surface area contributed by atoms with E-state index in [4.69, 9.17) is 9.84 Å². The average Bonchev–Trinajstić information content (AvgIpc) is 2.48. The van der Waals surface area contributed by atoms with Crippen LogP contribution < -0.4 is 0 Å². The third kappa shape index (κ3) is 3.34. The van der Waals surface area contributed by atoms with Gasteiger partial charge in [0.2, 0.25) is 0 Å². The van der Waals surface area contributed by atoms with Gasteiger partial charge in [-0.05, 0) is 6.07 Å². The maximum absolute atomic E-state index is 10.9. The molecule has 2 rings (SSSR count). The molecule has 21 heavy (non-hydrogen) atoms. The Morgan fingerprint density at radius 1 is 1.19 bits per heavy atom. The molecule has 0 aromatic heterocycles. The summed E-state index contributed by atoms with van der Waals surface area (Å²) < 4.78 is 5.30. The molecule has 8 nitrogen and oxygen atoms in total.